The number of aromatic nitrogens is 2. The van der Waals surface area contributed by atoms with E-state index in [9.17, 15) is 39.0 Å². The van der Waals surface area contributed by atoms with Crippen molar-refractivity contribution >= 4 is 79.7 Å². The van der Waals surface area contributed by atoms with Gasteiger partial charge in [0.15, 0.2) is 0 Å². The summed E-state index contributed by atoms with van der Waals surface area (Å²) < 4.78 is 0. The quantitative estimate of drug-likeness (QED) is 0.164. The summed E-state index contributed by atoms with van der Waals surface area (Å²) in [6.45, 7) is 6.58. The van der Waals surface area contributed by atoms with Crippen molar-refractivity contribution in [1.82, 2.24) is 41.9 Å². The Labute approximate surface area is 333 Å². The lowest BCUT2D eigenvalue weighted by molar-refractivity contribution is -0.132. The minimum absolute atomic E-state index is 0.0134. The van der Waals surface area contributed by atoms with E-state index in [2.05, 4.69) is 41.9 Å². The summed E-state index contributed by atoms with van der Waals surface area (Å²) >= 11 is 2.21. The van der Waals surface area contributed by atoms with Crippen LogP contribution < -0.4 is 31.9 Å². The van der Waals surface area contributed by atoms with Gasteiger partial charge in [-0.1, -0.05) is 65.8 Å². The average molecular weight is 833 g/mol. The number of hydrogen-bond donors (Lipinski definition) is 8. The molecule has 2 aliphatic rings. The van der Waals surface area contributed by atoms with E-state index in [4.69, 9.17) is 0 Å². The molecule has 0 saturated carbocycles. The summed E-state index contributed by atoms with van der Waals surface area (Å²) in [5.74, 6) is -4.38. The van der Waals surface area contributed by atoms with Gasteiger partial charge in [0, 0.05) is 22.3 Å². The van der Waals surface area contributed by atoms with Crippen LogP contribution in [0.25, 0.3) is 0 Å². The maximum Gasteiger partial charge on any atom is 0.271 e. The first-order valence-corrected chi connectivity index (χ1v) is 21.8. The number of carbonyl (C=O) groups excluding carboxylic acids is 6. The van der Waals surface area contributed by atoms with Crippen molar-refractivity contribution in [2.45, 2.75) is 89.0 Å². The highest BCUT2D eigenvalue weighted by molar-refractivity contribution is 8.76. The molecule has 0 aliphatic carbocycles. The molecular weight excluding hydrogens is 789 g/mol. The Morgan fingerprint density at radius 2 is 1.09 bits per heavy atom. The predicted octanol–water partition coefficient (Wildman–Crippen LogP) is 1.24. The third-order valence-electron chi connectivity index (χ3n) is 8.65. The van der Waals surface area contributed by atoms with Crippen LogP contribution in [0.5, 0.6) is 0 Å². The summed E-state index contributed by atoms with van der Waals surface area (Å²) in [7, 11) is 2.20. The lowest BCUT2D eigenvalue weighted by Crippen LogP contribution is -2.58. The molecule has 5 rings (SSSR count). The molecule has 20 heteroatoms. The number of nitrogens with zero attached hydrogens (tertiary/aromatic N) is 2. The van der Waals surface area contributed by atoms with Gasteiger partial charge in [-0.3, -0.25) is 28.8 Å². The molecule has 6 bridgehead atoms. The Balaban J connectivity index is 1.57. The smallest absolute Gasteiger partial charge is 0.271 e. The average Bonchev–Trinajstić information content (AvgIpc) is 3.83. The van der Waals surface area contributed by atoms with E-state index in [0.717, 1.165) is 49.8 Å². The summed E-state index contributed by atoms with van der Waals surface area (Å²) in [4.78, 5) is 91.5. The Bertz CT molecular complexity index is 1860. The van der Waals surface area contributed by atoms with E-state index in [1.807, 2.05) is 44.2 Å². The molecule has 0 fully saturated rings. The number of nitrogens with one attached hydrogen (secondary N) is 6. The van der Waals surface area contributed by atoms with Crippen LogP contribution in [0.15, 0.2) is 41.1 Å². The number of aliphatic hydroxyl groups excluding tert-OH is 2. The highest BCUT2D eigenvalue weighted by atomic mass is 33.1. The molecule has 0 radical (unpaired) electrons. The largest absolute Gasteiger partial charge is 0.391 e. The van der Waals surface area contributed by atoms with Crippen LogP contribution in [0.2, 0.25) is 0 Å². The topological polar surface area (TPSA) is 241 Å². The summed E-state index contributed by atoms with van der Waals surface area (Å²) in [5.41, 5.74) is 0.787. The van der Waals surface area contributed by atoms with Crippen molar-refractivity contribution < 1.29 is 39.0 Å². The number of rotatable bonds is 6. The van der Waals surface area contributed by atoms with Crippen LogP contribution in [-0.4, -0.2) is 104 Å². The molecule has 1 aromatic carbocycles. The van der Waals surface area contributed by atoms with E-state index in [-0.39, 0.29) is 35.2 Å². The number of fused-ring (bicyclic) bond motifs is 9. The van der Waals surface area contributed by atoms with Crippen LogP contribution in [0.3, 0.4) is 0 Å². The second-order valence-corrected chi connectivity index (χ2v) is 18.0. The van der Waals surface area contributed by atoms with Crippen LogP contribution in [0, 0.1) is 5.92 Å². The number of thiazole rings is 2. The third kappa shape index (κ3) is 11.3. The fourth-order valence-corrected chi connectivity index (χ4v) is 9.79. The number of amides is 6. The third-order valence-corrected chi connectivity index (χ3v) is 13.0. The first-order chi connectivity index (χ1) is 26.2. The van der Waals surface area contributed by atoms with Gasteiger partial charge in [0.2, 0.25) is 23.6 Å². The number of benzene rings is 1. The lowest BCUT2D eigenvalue weighted by atomic mass is 10.0. The predicted molar refractivity (Wildman–Crippen MR) is 210 cm³/mol. The summed E-state index contributed by atoms with van der Waals surface area (Å²) in [6.07, 6.45) is -2.04. The van der Waals surface area contributed by atoms with Crippen molar-refractivity contribution in [3.63, 3.8) is 0 Å². The molecule has 2 aromatic heterocycles. The van der Waals surface area contributed by atoms with E-state index in [0.29, 0.717) is 16.4 Å². The molecule has 4 heterocycles. The Morgan fingerprint density at radius 1 is 0.636 bits per heavy atom. The molecule has 296 valence electrons. The minimum atomic E-state index is -1.44. The monoisotopic (exact) mass is 832 g/mol. The van der Waals surface area contributed by atoms with Gasteiger partial charge >= 0.3 is 0 Å². The second-order valence-electron chi connectivity index (χ2n) is 13.7. The Kier molecular flexibility index (Phi) is 14.7. The Morgan fingerprint density at radius 3 is 1.55 bits per heavy atom. The molecule has 16 nitrogen and oxygen atoms in total. The molecule has 8 N–H and O–H groups in total. The zero-order valence-electron chi connectivity index (χ0n) is 30.4. The van der Waals surface area contributed by atoms with Gasteiger partial charge in [0.1, 0.15) is 45.6 Å². The van der Waals surface area contributed by atoms with Crippen molar-refractivity contribution in [3.05, 3.63) is 68.1 Å². The molecule has 3 aromatic rings. The fourth-order valence-electron chi connectivity index (χ4n) is 5.75. The van der Waals surface area contributed by atoms with E-state index < -0.39 is 83.9 Å². The van der Waals surface area contributed by atoms with E-state index >= 15 is 0 Å². The van der Waals surface area contributed by atoms with Crippen LogP contribution >= 0.6 is 44.3 Å². The number of hydrogen-bond acceptors (Lipinski definition) is 14. The van der Waals surface area contributed by atoms with Gasteiger partial charge in [-0.2, -0.15) is 0 Å². The van der Waals surface area contributed by atoms with Gasteiger partial charge in [0.25, 0.3) is 11.8 Å². The lowest BCUT2D eigenvalue weighted by Gasteiger charge is -2.27. The van der Waals surface area contributed by atoms with Gasteiger partial charge in [-0.15, -0.1) is 22.7 Å². The van der Waals surface area contributed by atoms with Gasteiger partial charge in [-0.05, 0) is 38.2 Å². The highest BCUT2D eigenvalue weighted by Gasteiger charge is 2.36. The van der Waals surface area contributed by atoms with Crippen LogP contribution in [0.4, 0.5) is 0 Å². The molecule has 6 amide bonds. The molecule has 0 spiro atoms. The molecule has 55 heavy (non-hydrogen) atoms. The number of aliphatic hydroxyl groups is 2. The molecule has 0 saturated heterocycles. The molecular formula is C35H44N8O8S4. The van der Waals surface area contributed by atoms with Crippen LogP contribution in [0.1, 0.15) is 82.8 Å². The highest BCUT2D eigenvalue weighted by Crippen LogP contribution is 2.28. The standard InChI is InChI=1S/C35H44N8O8S4/c1-16(2)10-20-34-40-22(12-52-34)28(46)38-25-15-55-54-14-24(30(48)42-26(17(3)44)32(50)36-20)39-29(47)23-13-53-35(41-23)21(11-19-8-6-5-7-9-19)37-33(51)27(18(4)45)43-31(25)49/h5-9,12-13,16-18,20-21,24-27,44-45H,10-11,14-15H2,1-4H3,(H,36,50)(H,37,51)(H,38,46)(H,39,47)(H,42,48)(H,43,49)/t17-,18-,20+,21+,24+,25+,26-,27-/m0/s1. The summed E-state index contributed by atoms with van der Waals surface area (Å²) in [5, 5.41) is 41.4. The van der Waals surface area contributed by atoms with Crippen LogP contribution in [-0.2, 0) is 25.6 Å². The molecule has 8 atom stereocenters. The normalized spacial score (nSPS) is 25.9. The maximum atomic E-state index is 13.9. The second kappa shape index (κ2) is 19.2. The van der Waals surface area contributed by atoms with Crippen molar-refractivity contribution in [2.24, 2.45) is 5.92 Å². The number of carbonyl (C=O) groups is 6. The Hall–Kier alpha value is -4.08. The first-order valence-electron chi connectivity index (χ1n) is 17.6. The first kappa shape index (κ1) is 42.1. The van der Waals surface area contributed by atoms with Gasteiger partial charge < -0.3 is 42.1 Å². The zero-order chi connectivity index (χ0) is 39.8. The maximum absolute atomic E-state index is 13.9. The van der Waals surface area contributed by atoms with E-state index in [1.165, 1.54) is 24.6 Å². The minimum Gasteiger partial charge on any atom is -0.391 e. The van der Waals surface area contributed by atoms with E-state index in [1.54, 1.807) is 0 Å². The van der Waals surface area contributed by atoms with Crippen molar-refractivity contribution in [3.8, 4) is 0 Å². The molecule has 2 aliphatic heterocycles. The fraction of sp³-hybridized carbons (Fsp3) is 0.486. The van der Waals surface area contributed by atoms with Gasteiger partial charge in [0.05, 0.1) is 24.3 Å². The van der Waals surface area contributed by atoms with Crippen molar-refractivity contribution in [2.75, 3.05) is 11.5 Å². The molecule has 0 unspecified atom stereocenters. The zero-order valence-corrected chi connectivity index (χ0v) is 33.7. The van der Waals surface area contributed by atoms with Crippen molar-refractivity contribution in [1.29, 1.82) is 0 Å². The SMILES string of the molecule is CC(C)C[C@H]1NC(=O)[C@H]([C@H](C)O)NC(=O)[C@H]2CSSC[C@@H](NC(=O)c3csc1n3)C(=O)N[C@@H]([C@H](C)O)C(=O)N[C@H](Cc1ccccc1)c1nc(cs1)C(=O)N2. The summed E-state index contributed by atoms with van der Waals surface area (Å²) in [6, 6.07) is 2.35. The van der Waals surface area contributed by atoms with Gasteiger partial charge in [-0.25, -0.2) is 9.97 Å².